The third-order valence-electron chi connectivity index (χ3n) is 2.42. The van der Waals surface area contributed by atoms with Crippen LogP contribution in [0, 0.1) is 6.92 Å². The van der Waals surface area contributed by atoms with E-state index < -0.39 is 0 Å². The fourth-order valence-corrected chi connectivity index (χ4v) is 1.58. The summed E-state index contributed by atoms with van der Waals surface area (Å²) in [5.74, 6) is -0.157. The number of aromatic nitrogens is 2. The molecule has 2 aromatic rings. The summed E-state index contributed by atoms with van der Waals surface area (Å²) in [7, 11) is 0. The van der Waals surface area contributed by atoms with Crippen LogP contribution >= 0.6 is 11.6 Å². The highest BCUT2D eigenvalue weighted by Gasteiger charge is 2.09. The minimum absolute atomic E-state index is 0.157. The molecule has 1 amide bonds. The smallest absolute Gasteiger partial charge is 0.269 e. The third-order valence-corrected chi connectivity index (χ3v) is 2.67. The second kappa shape index (κ2) is 5.01. The summed E-state index contributed by atoms with van der Waals surface area (Å²) in [4.78, 5) is 11.8. The molecule has 0 spiro atoms. The number of carbonyl (C=O) groups excluding carboxylic acids is 1. The van der Waals surface area contributed by atoms with Crippen LogP contribution in [0.15, 0.2) is 30.5 Å². The Morgan fingerprint density at radius 3 is 2.71 bits per heavy atom. The SMILES string of the molecule is Cc1cn[nH]c1C(=O)NCc1ccc(Cl)cc1. The van der Waals surface area contributed by atoms with Crippen molar-refractivity contribution in [2.75, 3.05) is 0 Å². The molecule has 0 radical (unpaired) electrons. The minimum Gasteiger partial charge on any atom is -0.347 e. The van der Waals surface area contributed by atoms with Gasteiger partial charge in [-0.15, -0.1) is 0 Å². The fourth-order valence-electron chi connectivity index (χ4n) is 1.45. The molecule has 0 aliphatic rings. The van der Waals surface area contributed by atoms with Gasteiger partial charge in [0, 0.05) is 11.6 Å². The van der Waals surface area contributed by atoms with Gasteiger partial charge < -0.3 is 5.32 Å². The molecular formula is C12H12ClN3O. The van der Waals surface area contributed by atoms with Crippen LogP contribution in [-0.4, -0.2) is 16.1 Å². The molecule has 17 heavy (non-hydrogen) atoms. The molecule has 1 aromatic carbocycles. The first-order valence-electron chi connectivity index (χ1n) is 5.19. The number of aryl methyl sites for hydroxylation is 1. The molecule has 0 bridgehead atoms. The van der Waals surface area contributed by atoms with Crippen LogP contribution in [0.25, 0.3) is 0 Å². The predicted octanol–water partition coefficient (Wildman–Crippen LogP) is 2.30. The zero-order chi connectivity index (χ0) is 12.3. The lowest BCUT2D eigenvalue weighted by molar-refractivity contribution is 0.0945. The van der Waals surface area contributed by atoms with Crippen molar-refractivity contribution in [2.45, 2.75) is 13.5 Å². The Bertz CT molecular complexity index is 519. The number of rotatable bonds is 3. The lowest BCUT2D eigenvalue weighted by Gasteiger charge is -2.04. The first kappa shape index (κ1) is 11.7. The Morgan fingerprint density at radius 2 is 2.12 bits per heavy atom. The van der Waals surface area contributed by atoms with Crippen LogP contribution in [0.2, 0.25) is 5.02 Å². The maximum Gasteiger partial charge on any atom is 0.269 e. The highest BCUT2D eigenvalue weighted by Crippen LogP contribution is 2.09. The van der Waals surface area contributed by atoms with E-state index in [2.05, 4.69) is 15.5 Å². The number of nitrogens with zero attached hydrogens (tertiary/aromatic N) is 1. The van der Waals surface area contributed by atoms with Crippen LogP contribution < -0.4 is 5.32 Å². The molecule has 2 rings (SSSR count). The molecule has 0 aliphatic carbocycles. The molecule has 1 heterocycles. The number of benzene rings is 1. The van der Waals surface area contributed by atoms with Gasteiger partial charge in [0.1, 0.15) is 5.69 Å². The summed E-state index contributed by atoms with van der Waals surface area (Å²) in [6, 6.07) is 7.35. The summed E-state index contributed by atoms with van der Waals surface area (Å²) in [6.45, 7) is 2.30. The Hall–Kier alpha value is -1.81. The summed E-state index contributed by atoms with van der Waals surface area (Å²) >= 11 is 5.78. The van der Waals surface area contributed by atoms with Gasteiger partial charge in [-0.1, -0.05) is 23.7 Å². The van der Waals surface area contributed by atoms with E-state index in [1.54, 1.807) is 18.3 Å². The Balaban J connectivity index is 1.97. The predicted molar refractivity (Wildman–Crippen MR) is 65.9 cm³/mol. The Labute approximate surface area is 104 Å². The van der Waals surface area contributed by atoms with Crippen molar-refractivity contribution in [1.29, 1.82) is 0 Å². The van der Waals surface area contributed by atoms with E-state index in [9.17, 15) is 4.79 Å². The third kappa shape index (κ3) is 2.85. The molecule has 0 saturated carbocycles. The van der Waals surface area contributed by atoms with Crippen LogP contribution in [-0.2, 0) is 6.54 Å². The van der Waals surface area contributed by atoms with Crippen molar-refractivity contribution >= 4 is 17.5 Å². The molecule has 2 N–H and O–H groups in total. The van der Waals surface area contributed by atoms with Gasteiger partial charge in [0.2, 0.25) is 0 Å². The van der Waals surface area contributed by atoms with E-state index in [1.165, 1.54) is 0 Å². The molecule has 5 heteroatoms. The van der Waals surface area contributed by atoms with E-state index in [1.807, 2.05) is 19.1 Å². The summed E-state index contributed by atoms with van der Waals surface area (Å²) < 4.78 is 0. The molecular weight excluding hydrogens is 238 g/mol. The molecule has 0 unspecified atom stereocenters. The summed E-state index contributed by atoms with van der Waals surface area (Å²) in [6.07, 6.45) is 1.62. The van der Waals surface area contributed by atoms with Gasteiger partial charge >= 0.3 is 0 Å². The van der Waals surface area contributed by atoms with E-state index in [-0.39, 0.29) is 5.91 Å². The number of hydrogen-bond donors (Lipinski definition) is 2. The van der Waals surface area contributed by atoms with Gasteiger partial charge in [0.05, 0.1) is 6.20 Å². The Morgan fingerprint density at radius 1 is 1.41 bits per heavy atom. The number of halogens is 1. The largest absolute Gasteiger partial charge is 0.347 e. The zero-order valence-corrected chi connectivity index (χ0v) is 10.1. The van der Waals surface area contributed by atoms with Crippen molar-refractivity contribution in [2.24, 2.45) is 0 Å². The van der Waals surface area contributed by atoms with Crippen LogP contribution in [0.4, 0.5) is 0 Å². The van der Waals surface area contributed by atoms with Gasteiger partial charge in [0.15, 0.2) is 0 Å². The molecule has 0 atom stereocenters. The summed E-state index contributed by atoms with van der Waals surface area (Å²) in [5, 5.41) is 9.97. The monoisotopic (exact) mass is 249 g/mol. The zero-order valence-electron chi connectivity index (χ0n) is 9.33. The number of hydrogen-bond acceptors (Lipinski definition) is 2. The molecule has 1 aromatic heterocycles. The lowest BCUT2D eigenvalue weighted by atomic mass is 10.2. The number of carbonyl (C=O) groups is 1. The molecule has 0 saturated heterocycles. The van der Waals surface area contributed by atoms with Gasteiger partial charge in [0.25, 0.3) is 5.91 Å². The number of aromatic amines is 1. The quantitative estimate of drug-likeness (QED) is 0.877. The standard InChI is InChI=1S/C12H12ClN3O/c1-8-6-15-16-11(8)12(17)14-7-9-2-4-10(13)5-3-9/h2-6H,7H2,1H3,(H,14,17)(H,15,16). The highest BCUT2D eigenvalue weighted by atomic mass is 35.5. The Kier molecular flexibility index (Phi) is 3.44. The number of nitrogens with one attached hydrogen (secondary N) is 2. The second-order valence-electron chi connectivity index (χ2n) is 3.74. The maximum atomic E-state index is 11.8. The van der Waals surface area contributed by atoms with Crippen molar-refractivity contribution in [3.63, 3.8) is 0 Å². The average molecular weight is 250 g/mol. The van der Waals surface area contributed by atoms with Gasteiger partial charge in [-0.3, -0.25) is 9.89 Å². The van der Waals surface area contributed by atoms with Crippen LogP contribution in [0.5, 0.6) is 0 Å². The van der Waals surface area contributed by atoms with Crippen molar-refractivity contribution in [3.8, 4) is 0 Å². The first-order valence-corrected chi connectivity index (χ1v) is 5.57. The fraction of sp³-hybridized carbons (Fsp3) is 0.167. The normalized spacial score (nSPS) is 10.2. The van der Waals surface area contributed by atoms with Crippen molar-refractivity contribution in [3.05, 3.63) is 52.3 Å². The van der Waals surface area contributed by atoms with Crippen molar-refractivity contribution < 1.29 is 4.79 Å². The van der Waals surface area contributed by atoms with E-state index in [4.69, 9.17) is 11.6 Å². The average Bonchev–Trinajstić information content (AvgIpc) is 2.74. The van der Waals surface area contributed by atoms with Crippen LogP contribution in [0.3, 0.4) is 0 Å². The minimum atomic E-state index is -0.157. The number of amides is 1. The first-order chi connectivity index (χ1) is 8.16. The summed E-state index contributed by atoms with van der Waals surface area (Å²) in [5.41, 5.74) is 2.33. The molecule has 4 nitrogen and oxygen atoms in total. The second-order valence-corrected chi connectivity index (χ2v) is 4.17. The topological polar surface area (TPSA) is 57.8 Å². The van der Waals surface area contributed by atoms with Gasteiger partial charge in [-0.05, 0) is 30.2 Å². The lowest BCUT2D eigenvalue weighted by Crippen LogP contribution is -2.23. The van der Waals surface area contributed by atoms with E-state index in [0.29, 0.717) is 17.3 Å². The van der Waals surface area contributed by atoms with E-state index >= 15 is 0 Å². The van der Waals surface area contributed by atoms with Crippen molar-refractivity contribution in [1.82, 2.24) is 15.5 Å². The maximum absolute atomic E-state index is 11.8. The van der Waals surface area contributed by atoms with Crippen LogP contribution in [0.1, 0.15) is 21.6 Å². The number of H-pyrrole nitrogens is 1. The molecule has 0 aliphatic heterocycles. The van der Waals surface area contributed by atoms with E-state index in [0.717, 1.165) is 11.1 Å². The molecule has 88 valence electrons. The van der Waals surface area contributed by atoms with Gasteiger partial charge in [-0.25, -0.2) is 0 Å². The molecule has 0 fully saturated rings. The van der Waals surface area contributed by atoms with Gasteiger partial charge in [-0.2, -0.15) is 5.10 Å². The highest BCUT2D eigenvalue weighted by molar-refractivity contribution is 6.30.